The molecule has 3 nitrogen and oxygen atoms in total. The molecule has 0 saturated carbocycles. The third-order valence-corrected chi connectivity index (χ3v) is 3.49. The van der Waals surface area contributed by atoms with Crippen molar-refractivity contribution in [1.29, 1.82) is 0 Å². The van der Waals surface area contributed by atoms with Gasteiger partial charge in [-0.3, -0.25) is 4.68 Å². The Morgan fingerprint density at radius 1 is 0.905 bits per heavy atom. The van der Waals surface area contributed by atoms with E-state index in [0.29, 0.717) is 0 Å². The van der Waals surface area contributed by atoms with E-state index in [9.17, 15) is 0 Å². The maximum Gasteiger partial charge on any atom is 0.0659 e. The summed E-state index contributed by atoms with van der Waals surface area (Å²) in [6.07, 6.45) is 4.02. The molecule has 0 radical (unpaired) electrons. The third-order valence-electron chi connectivity index (χ3n) is 3.49. The van der Waals surface area contributed by atoms with Crippen LogP contribution in [0.25, 0.3) is 11.1 Å². The van der Waals surface area contributed by atoms with E-state index >= 15 is 0 Å². The SMILES string of the molecule is CNCc1ccc(Cn2cc(-c3ccccc3)cn2)cc1. The van der Waals surface area contributed by atoms with E-state index in [1.54, 1.807) is 0 Å². The number of hydrogen-bond acceptors (Lipinski definition) is 2. The molecule has 106 valence electrons. The summed E-state index contributed by atoms with van der Waals surface area (Å²) in [7, 11) is 1.96. The van der Waals surface area contributed by atoms with Gasteiger partial charge in [-0.2, -0.15) is 5.10 Å². The molecule has 3 heteroatoms. The van der Waals surface area contributed by atoms with Gasteiger partial charge in [-0.25, -0.2) is 0 Å². The first-order valence-corrected chi connectivity index (χ1v) is 7.15. The fourth-order valence-corrected chi connectivity index (χ4v) is 2.38. The highest BCUT2D eigenvalue weighted by Crippen LogP contribution is 2.18. The van der Waals surface area contributed by atoms with Crippen molar-refractivity contribution in [2.24, 2.45) is 0 Å². The smallest absolute Gasteiger partial charge is 0.0659 e. The number of aromatic nitrogens is 2. The maximum atomic E-state index is 4.45. The molecule has 1 heterocycles. The second kappa shape index (κ2) is 6.37. The summed E-state index contributed by atoms with van der Waals surface area (Å²) in [6.45, 7) is 1.70. The van der Waals surface area contributed by atoms with Crippen molar-refractivity contribution in [3.63, 3.8) is 0 Å². The number of benzene rings is 2. The average Bonchev–Trinajstić information content (AvgIpc) is 2.99. The van der Waals surface area contributed by atoms with Crippen LogP contribution in [0.4, 0.5) is 0 Å². The zero-order chi connectivity index (χ0) is 14.5. The van der Waals surface area contributed by atoms with Gasteiger partial charge in [0.25, 0.3) is 0 Å². The van der Waals surface area contributed by atoms with E-state index in [0.717, 1.165) is 18.7 Å². The van der Waals surface area contributed by atoms with Crippen LogP contribution in [0.3, 0.4) is 0 Å². The van der Waals surface area contributed by atoms with Gasteiger partial charge in [0.1, 0.15) is 0 Å². The molecule has 3 rings (SSSR count). The second-order valence-electron chi connectivity index (χ2n) is 5.14. The van der Waals surface area contributed by atoms with E-state index in [4.69, 9.17) is 0 Å². The van der Waals surface area contributed by atoms with Gasteiger partial charge in [-0.1, -0.05) is 54.6 Å². The lowest BCUT2D eigenvalue weighted by atomic mass is 10.1. The molecule has 2 aromatic carbocycles. The Balaban J connectivity index is 1.72. The number of nitrogens with one attached hydrogen (secondary N) is 1. The Labute approximate surface area is 125 Å². The quantitative estimate of drug-likeness (QED) is 0.775. The molecule has 0 aliphatic carbocycles. The number of rotatable bonds is 5. The van der Waals surface area contributed by atoms with E-state index in [-0.39, 0.29) is 0 Å². The summed E-state index contributed by atoms with van der Waals surface area (Å²) < 4.78 is 1.98. The van der Waals surface area contributed by atoms with Crippen molar-refractivity contribution in [3.8, 4) is 11.1 Å². The highest BCUT2D eigenvalue weighted by molar-refractivity contribution is 5.61. The van der Waals surface area contributed by atoms with Crippen LogP contribution in [0.5, 0.6) is 0 Å². The minimum Gasteiger partial charge on any atom is -0.316 e. The molecule has 0 aliphatic rings. The average molecular weight is 277 g/mol. The highest BCUT2D eigenvalue weighted by Gasteiger charge is 2.02. The first kappa shape index (κ1) is 13.6. The molecule has 1 N–H and O–H groups in total. The highest BCUT2D eigenvalue weighted by atomic mass is 15.3. The van der Waals surface area contributed by atoms with Gasteiger partial charge in [-0.15, -0.1) is 0 Å². The van der Waals surface area contributed by atoms with Crippen LogP contribution in [0.1, 0.15) is 11.1 Å². The van der Waals surface area contributed by atoms with Crippen molar-refractivity contribution in [3.05, 3.63) is 78.1 Å². The van der Waals surface area contributed by atoms with Crippen molar-refractivity contribution in [2.75, 3.05) is 7.05 Å². The zero-order valence-corrected chi connectivity index (χ0v) is 12.2. The summed E-state index contributed by atoms with van der Waals surface area (Å²) in [5, 5.41) is 7.61. The van der Waals surface area contributed by atoms with E-state index in [2.05, 4.69) is 53.0 Å². The molecule has 0 amide bonds. The molecule has 0 saturated heterocycles. The minimum absolute atomic E-state index is 0.798. The lowest BCUT2D eigenvalue weighted by Gasteiger charge is -2.04. The molecule has 0 aliphatic heterocycles. The summed E-state index contributed by atoms with van der Waals surface area (Å²) in [4.78, 5) is 0. The van der Waals surface area contributed by atoms with Gasteiger partial charge < -0.3 is 5.32 Å². The molecule has 21 heavy (non-hydrogen) atoms. The summed E-state index contributed by atoms with van der Waals surface area (Å²) >= 11 is 0. The van der Waals surface area contributed by atoms with Crippen LogP contribution in [-0.2, 0) is 13.1 Å². The topological polar surface area (TPSA) is 29.9 Å². The Morgan fingerprint density at radius 2 is 1.62 bits per heavy atom. The monoisotopic (exact) mass is 277 g/mol. The third kappa shape index (κ3) is 3.38. The van der Waals surface area contributed by atoms with Gasteiger partial charge in [0.15, 0.2) is 0 Å². The van der Waals surface area contributed by atoms with Gasteiger partial charge in [-0.05, 0) is 23.7 Å². The molecule has 0 unspecified atom stereocenters. The first-order chi connectivity index (χ1) is 10.3. The van der Waals surface area contributed by atoms with Crippen LogP contribution in [0, 0.1) is 0 Å². The van der Waals surface area contributed by atoms with Crippen LogP contribution in [-0.4, -0.2) is 16.8 Å². The molecular formula is C18H19N3. The summed E-state index contributed by atoms with van der Waals surface area (Å²) in [5.41, 5.74) is 4.92. The van der Waals surface area contributed by atoms with Gasteiger partial charge >= 0.3 is 0 Å². The van der Waals surface area contributed by atoms with Crippen molar-refractivity contribution in [1.82, 2.24) is 15.1 Å². The largest absolute Gasteiger partial charge is 0.316 e. The predicted molar refractivity (Wildman–Crippen MR) is 86.0 cm³/mol. The Bertz CT molecular complexity index is 684. The van der Waals surface area contributed by atoms with Gasteiger partial charge in [0, 0.05) is 18.3 Å². The van der Waals surface area contributed by atoms with Crippen LogP contribution in [0.15, 0.2) is 67.0 Å². The standard InChI is InChI=1S/C18H19N3/c1-19-11-15-7-9-16(10-8-15)13-21-14-18(12-20-21)17-5-3-2-4-6-17/h2-10,12,14,19H,11,13H2,1H3. The van der Waals surface area contributed by atoms with Gasteiger partial charge in [0.05, 0.1) is 12.7 Å². The Hall–Kier alpha value is -2.39. The lowest BCUT2D eigenvalue weighted by molar-refractivity contribution is 0.686. The summed E-state index contributed by atoms with van der Waals surface area (Å²) in [6, 6.07) is 19.0. The normalized spacial score (nSPS) is 10.7. The lowest BCUT2D eigenvalue weighted by Crippen LogP contribution is -2.05. The molecule has 0 atom stereocenters. The molecular weight excluding hydrogens is 258 g/mol. The van der Waals surface area contributed by atoms with Gasteiger partial charge in [0.2, 0.25) is 0 Å². The molecule has 0 fully saturated rings. The van der Waals surface area contributed by atoms with E-state index < -0.39 is 0 Å². The maximum absolute atomic E-state index is 4.45. The first-order valence-electron chi connectivity index (χ1n) is 7.15. The molecule has 3 aromatic rings. The fraction of sp³-hybridized carbons (Fsp3) is 0.167. The molecule has 0 bridgehead atoms. The summed E-state index contributed by atoms with van der Waals surface area (Å²) in [5.74, 6) is 0. The Morgan fingerprint density at radius 3 is 2.33 bits per heavy atom. The van der Waals surface area contributed by atoms with Crippen molar-refractivity contribution in [2.45, 2.75) is 13.1 Å². The van der Waals surface area contributed by atoms with E-state index in [1.165, 1.54) is 16.7 Å². The minimum atomic E-state index is 0.798. The molecule has 0 spiro atoms. The number of hydrogen-bond donors (Lipinski definition) is 1. The number of nitrogens with zero attached hydrogens (tertiary/aromatic N) is 2. The van der Waals surface area contributed by atoms with E-state index in [1.807, 2.05) is 36.1 Å². The van der Waals surface area contributed by atoms with Crippen molar-refractivity contribution < 1.29 is 0 Å². The Kier molecular flexibility index (Phi) is 4.12. The van der Waals surface area contributed by atoms with Crippen LogP contribution < -0.4 is 5.32 Å². The van der Waals surface area contributed by atoms with Crippen LogP contribution in [0.2, 0.25) is 0 Å². The predicted octanol–water partition coefficient (Wildman–Crippen LogP) is 3.32. The van der Waals surface area contributed by atoms with Crippen LogP contribution >= 0.6 is 0 Å². The second-order valence-corrected chi connectivity index (χ2v) is 5.14. The van der Waals surface area contributed by atoms with Crippen molar-refractivity contribution >= 4 is 0 Å². The zero-order valence-electron chi connectivity index (χ0n) is 12.2. The fourth-order valence-electron chi connectivity index (χ4n) is 2.38. The molecule has 1 aromatic heterocycles.